The number of aromatic nitrogens is 2. The minimum absolute atomic E-state index is 0.173. The number of carbonyl (C=O) groups excluding carboxylic acids is 1. The van der Waals surface area contributed by atoms with E-state index in [-0.39, 0.29) is 5.91 Å². The summed E-state index contributed by atoms with van der Waals surface area (Å²) in [5.74, 6) is 5.47. The van der Waals surface area contributed by atoms with Gasteiger partial charge in [-0.15, -0.1) is 11.8 Å². The highest BCUT2D eigenvalue weighted by atomic mass is 16.1. The second-order valence-corrected chi connectivity index (χ2v) is 3.22. The number of carbonyl (C=O) groups is 1. The van der Waals surface area contributed by atoms with Gasteiger partial charge in [0.1, 0.15) is 5.69 Å². The molecule has 0 aliphatic heterocycles. The Morgan fingerprint density at radius 2 is 2.50 bits per heavy atom. The second kappa shape index (κ2) is 6.64. The maximum atomic E-state index is 11.6. The number of nitrogens with two attached hydrogens (primary N) is 1. The summed E-state index contributed by atoms with van der Waals surface area (Å²) in [7, 11) is 0. The minimum Gasteiger partial charge on any atom is -0.350 e. The first-order valence-corrected chi connectivity index (χ1v) is 5.17. The highest BCUT2D eigenvalue weighted by Gasteiger charge is 2.07. The molecular formula is C11H16N4O. The Hall–Kier alpha value is -1.80. The summed E-state index contributed by atoms with van der Waals surface area (Å²) in [5, 5.41) is 2.74. The molecule has 86 valence electrons. The Morgan fingerprint density at radius 1 is 1.69 bits per heavy atom. The third-order valence-electron chi connectivity index (χ3n) is 1.97. The van der Waals surface area contributed by atoms with Crippen LogP contribution in [0.1, 0.15) is 23.8 Å². The van der Waals surface area contributed by atoms with Gasteiger partial charge in [0.25, 0.3) is 5.91 Å². The zero-order valence-corrected chi connectivity index (χ0v) is 9.36. The van der Waals surface area contributed by atoms with Crippen molar-refractivity contribution in [3.8, 4) is 11.8 Å². The zero-order valence-electron chi connectivity index (χ0n) is 9.36. The van der Waals surface area contributed by atoms with Crippen molar-refractivity contribution in [3.63, 3.8) is 0 Å². The summed E-state index contributed by atoms with van der Waals surface area (Å²) >= 11 is 0. The van der Waals surface area contributed by atoms with E-state index in [1.807, 2.05) is 0 Å². The Labute approximate surface area is 95.0 Å². The van der Waals surface area contributed by atoms with E-state index in [0.717, 1.165) is 0 Å². The molecule has 0 spiro atoms. The monoisotopic (exact) mass is 220 g/mol. The van der Waals surface area contributed by atoms with Gasteiger partial charge in [0.05, 0.1) is 6.33 Å². The van der Waals surface area contributed by atoms with Crippen LogP contribution in [0, 0.1) is 11.8 Å². The molecule has 1 aromatic heterocycles. The van der Waals surface area contributed by atoms with Gasteiger partial charge in [-0.2, -0.15) is 0 Å². The number of nitrogens with one attached hydrogen (secondary N) is 1. The Bertz CT molecular complexity index is 400. The normalized spacial score (nSPS) is 9.38. The van der Waals surface area contributed by atoms with E-state index in [4.69, 9.17) is 5.73 Å². The van der Waals surface area contributed by atoms with E-state index in [9.17, 15) is 4.79 Å². The Kier molecular flexibility index (Phi) is 5.09. The molecule has 0 aliphatic rings. The summed E-state index contributed by atoms with van der Waals surface area (Å²) in [5.41, 5.74) is 5.81. The molecule has 0 saturated carbocycles. The molecule has 0 unspecified atom stereocenters. The van der Waals surface area contributed by atoms with Crippen molar-refractivity contribution >= 4 is 5.91 Å². The second-order valence-electron chi connectivity index (χ2n) is 3.22. The lowest BCUT2D eigenvalue weighted by Crippen LogP contribution is -2.24. The summed E-state index contributed by atoms with van der Waals surface area (Å²) < 4.78 is 1.79. The van der Waals surface area contributed by atoms with Crippen LogP contribution in [-0.4, -0.2) is 28.5 Å². The molecular weight excluding hydrogens is 204 g/mol. The molecule has 0 bridgehead atoms. The first kappa shape index (κ1) is 12.3. The third-order valence-corrected chi connectivity index (χ3v) is 1.97. The van der Waals surface area contributed by atoms with Gasteiger partial charge in [-0.05, 0) is 6.92 Å². The van der Waals surface area contributed by atoms with Crippen LogP contribution in [0.5, 0.6) is 0 Å². The smallest absolute Gasteiger partial charge is 0.271 e. The first-order valence-electron chi connectivity index (χ1n) is 5.17. The number of nitrogens with zero attached hydrogens (tertiary/aromatic N) is 2. The molecule has 1 heterocycles. The van der Waals surface area contributed by atoms with E-state index in [1.54, 1.807) is 24.0 Å². The van der Waals surface area contributed by atoms with Crippen LogP contribution in [0.15, 0.2) is 12.5 Å². The minimum atomic E-state index is -0.173. The predicted molar refractivity (Wildman–Crippen MR) is 61.7 cm³/mol. The van der Waals surface area contributed by atoms with Crippen LogP contribution in [0.3, 0.4) is 0 Å². The molecule has 1 rings (SSSR count). The molecule has 0 aromatic carbocycles. The number of hydrogen-bond donors (Lipinski definition) is 2. The Balaban J connectivity index is 2.42. The number of rotatable bonds is 5. The lowest BCUT2D eigenvalue weighted by molar-refractivity contribution is 0.0950. The van der Waals surface area contributed by atoms with Crippen LogP contribution in [0.2, 0.25) is 0 Å². The van der Waals surface area contributed by atoms with Crippen LogP contribution in [0.4, 0.5) is 0 Å². The summed E-state index contributed by atoms with van der Waals surface area (Å²) in [4.78, 5) is 15.6. The van der Waals surface area contributed by atoms with Crippen molar-refractivity contribution < 1.29 is 4.79 Å². The lowest BCUT2D eigenvalue weighted by Gasteiger charge is -1.99. The molecule has 0 fully saturated rings. The average Bonchev–Trinajstić information content (AvgIpc) is 2.73. The summed E-state index contributed by atoms with van der Waals surface area (Å²) in [6.07, 6.45) is 3.95. The van der Waals surface area contributed by atoms with E-state index in [0.29, 0.717) is 31.7 Å². The van der Waals surface area contributed by atoms with Crippen LogP contribution < -0.4 is 11.1 Å². The van der Waals surface area contributed by atoms with Crippen molar-refractivity contribution in [2.24, 2.45) is 5.73 Å². The van der Waals surface area contributed by atoms with Crippen LogP contribution >= 0.6 is 0 Å². The van der Waals surface area contributed by atoms with Crippen molar-refractivity contribution in [3.05, 3.63) is 18.2 Å². The molecule has 1 aromatic rings. The van der Waals surface area contributed by atoms with Gasteiger partial charge >= 0.3 is 0 Å². The number of hydrogen-bond acceptors (Lipinski definition) is 3. The fourth-order valence-electron chi connectivity index (χ4n) is 1.20. The number of imidazole rings is 1. The van der Waals surface area contributed by atoms with Crippen molar-refractivity contribution in [1.82, 2.24) is 14.9 Å². The Morgan fingerprint density at radius 3 is 3.19 bits per heavy atom. The molecule has 5 heteroatoms. The molecule has 0 aliphatic carbocycles. The molecule has 3 N–H and O–H groups in total. The van der Waals surface area contributed by atoms with Gasteiger partial charge in [0, 0.05) is 32.3 Å². The number of amides is 1. The van der Waals surface area contributed by atoms with Crippen LogP contribution in [-0.2, 0) is 6.54 Å². The highest BCUT2D eigenvalue weighted by molar-refractivity contribution is 5.91. The quantitative estimate of drug-likeness (QED) is 0.541. The van der Waals surface area contributed by atoms with Gasteiger partial charge in [-0.1, -0.05) is 0 Å². The van der Waals surface area contributed by atoms with E-state index < -0.39 is 0 Å². The van der Waals surface area contributed by atoms with Gasteiger partial charge in [0.15, 0.2) is 0 Å². The van der Waals surface area contributed by atoms with E-state index in [2.05, 4.69) is 22.1 Å². The standard InChI is InChI=1S/C11H16N4O/c1-2-3-4-6-13-11(16)10-8-15(7-5-12)9-14-10/h8-9H,4-7,12H2,1H3,(H,13,16). The molecule has 1 amide bonds. The van der Waals surface area contributed by atoms with Gasteiger partial charge in [-0.3, -0.25) is 4.79 Å². The lowest BCUT2D eigenvalue weighted by atomic mass is 10.4. The maximum absolute atomic E-state index is 11.6. The summed E-state index contributed by atoms with van der Waals surface area (Å²) in [6.45, 7) is 3.52. The highest BCUT2D eigenvalue weighted by Crippen LogP contribution is 1.95. The largest absolute Gasteiger partial charge is 0.350 e. The van der Waals surface area contributed by atoms with Crippen LogP contribution in [0.25, 0.3) is 0 Å². The third kappa shape index (κ3) is 3.75. The molecule has 5 nitrogen and oxygen atoms in total. The fraction of sp³-hybridized carbons (Fsp3) is 0.455. The van der Waals surface area contributed by atoms with Crippen molar-refractivity contribution in [2.45, 2.75) is 19.9 Å². The van der Waals surface area contributed by atoms with Gasteiger partial charge in [0.2, 0.25) is 0 Å². The topological polar surface area (TPSA) is 72.9 Å². The zero-order chi connectivity index (χ0) is 11.8. The molecule has 0 saturated heterocycles. The predicted octanol–water partition coefficient (Wildman–Crippen LogP) is -0.0150. The summed E-state index contributed by atoms with van der Waals surface area (Å²) in [6, 6.07) is 0. The SMILES string of the molecule is CC#CCCNC(=O)c1cn(CCN)cn1. The van der Waals surface area contributed by atoms with Crippen molar-refractivity contribution in [2.75, 3.05) is 13.1 Å². The average molecular weight is 220 g/mol. The molecule has 0 radical (unpaired) electrons. The fourth-order valence-corrected chi connectivity index (χ4v) is 1.20. The van der Waals surface area contributed by atoms with Gasteiger partial charge < -0.3 is 15.6 Å². The van der Waals surface area contributed by atoms with E-state index in [1.165, 1.54) is 0 Å². The van der Waals surface area contributed by atoms with Crippen molar-refractivity contribution in [1.29, 1.82) is 0 Å². The molecule has 16 heavy (non-hydrogen) atoms. The van der Waals surface area contributed by atoms with E-state index >= 15 is 0 Å². The van der Waals surface area contributed by atoms with Gasteiger partial charge in [-0.25, -0.2) is 4.98 Å². The maximum Gasteiger partial charge on any atom is 0.271 e. The molecule has 0 atom stereocenters. The first-order chi connectivity index (χ1) is 7.77.